The van der Waals surface area contributed by atoms with Crippen LogP contribution in [0.25, 0.3) is 0 Å². The summed E-state index contributed by atoms with van der Waals surface area (Å²) in [6, 6.07) is 4.91. The Morgan fingerprint density at radius 1 is 1.00 bits per heavy atom. The summed E-state index contributed by atoms with van der Waals surface area (Å²) in [5.74, 6) is -0.971. The zero-order chi connectivity index (χ0) is 22.4. The summed E-state index contributed by atoms with van der Waals surface area (Å²) < 4.78 is 37.4. The van der Waals surface area contributed by atoms with Crippen LogP contribution in [0.15, 0.2) is 29.2 Å². The molecule has 0 fully saturated rings. The highest BCUT2D eigenvalue weighted by molar-refractivity contribution is 7.89. The van der Waals surface area contributed by atoms with Crippen LogP contribution in [0.3, 0.4) is 0 Å². The average molecular weight is 429 g/mol. The van der Waals surface area contributed by atoms with Gasteiger partial charge in [-0.2, -0.15) is 0 Å². The molecule has 9 heteroatoms. The lowest BCUT2D eigenvalue weighted by molar-refractivity contribution is -0.143. The molecule has 0 aromatic heterocycles. The number of rotatable bonds is 10. The Morgan fingerprint density at radius 3 is 1.97 bits per heavy atom. The molecule has 0 aliphatic heterocycles. The van der Waals surface area contributed by atoms with Crippen LogP contribution in [0.5, 0.6) is 0 Å². The van der Waals surface area contributed by atoms with Crippen molar-refractivity contribution in [1.29, 1.82) is 0 Å². The number of nitrogens with one attached hydrogen (secondary N) is 1. The highest BCUT2D eigenvalue weighted by Crippen LogP contribution is 2.14. The molecule has 0 saturated heterocycles. The number of hydrogen-bond acceptors (Lipinski definition) is 6. The molecule has 0 bridgehead atoms. The van der Waals surface area contributed by atoms with Gasteiger partial charge in [0.1, 0.15) is 0 Å². The zero-order valence-corrected chi connectivity index (χ0v) is 18.9. The van der Waals surface area contributed by atoms with E-state index >= 15 is 0 Å². The number of ether oxygens (including phenoxy) is 2. The van der Waals surface area contributed by atoms with Crippen LogP contribution in [0, 0.1) is 0 Å². The first-order chi connectivity index (χ1) is 13.4. The predicted octanol–water partition coefficient (Wildman–Crippen LogP) is 2.19. The van der Waals surface area contributed by atoms with Gasteiger partial charge in [0, 0.05) is 25.2 Å². The fourth-order valence-electron chi connectivity index (χ4n) is 2.98. The maximum absolute atomic E-state index is 12.6. The molecule has 0 heterocycles. The van der Waals surface area contributed by atoms with E-state index in [2.05, 4.69) is 4.72 Å². The maximum atomic E-state index is 12.6. The first-order valence-corrected chi connectivity index (χ1v) is 11.0. The molecular weight excluding hydrogens is 396 g/mol. The average Bonchev–Trinajstić information content (AvgIpc) is 2.60. The van der Waals surface area contributed by atoms with Crippen molar-refractivity contribution in [2.45, 2.75) is 70.7 Å². The van der Waals surface area contributed by atoms with Gasteiger partial charge in [0.2, 0.25) is 10.0 Å². The Kier molecular flexibility index (Phi) is 9.25. The minimum atomic E-state index is -3.73. The standard InChI is InChI=1S/C20H32N2O6S/c1-13(2)22(14(3)4)19(23)16(6)28-20(24)17-8-10-18(11-9-17)29(25,26)21-15(5)12-27-7/h8-11,13-16,21H,12H2,1-7H3/t15-,16+/m1/s1. The van der Waals surface area contributed by atoms with Crippen molar-refractivity contribution in [3.63, 3.8) is 0 Å². The van der Waals surface area contributed by atoms with Gasteiger partial charge >= 0.3 is 5.97 Å². The lowest BCUT2D eigenvalue weighted by Gasteiger charge is -2.32. The van der Waals surface area contributed by atoms with Gasteiger partial charge in [-0.05, 0) is 65.8 Å². The molecule has 0 spiro atoms. The minimum absolute atomic E-state index is 0.0203. The molecule has 2 atom stereocenters. The fraction of sp³-hybridized carbons (Fsp3) is 0.600. The van der Waals surface area contributed by atoms with Crippen molar-refractivity contribution >= 4 is 21.9 Å². The van der Waals surface area contributed by atoms with Crippen molar-refractivity contribution < 1.29 is 27.5 Å². The fourth-order valence-corrected chi connectivity index (χ4v) is 4.21. The quantitative estimate of drug-likeness (QED) is 0.573. The Balaban J connectivity index is 2.85. The summed E-state index contributed by atoms with van der Waals surface area (Å²) in [7, 11) is -2.25. The van der Waals surface area contributed by atoms with Gasteiger partial charge < -0.3 is 14.4 Å². The largest absolute Gasteiger partial charge is 0.449 e. The molecule has 0 saturated carbocycles. The molecule has 0 aliphatic rings. The molecule has 8 nitrogen and oxygen atoms in total. The second kappa shape index (κ2) is 10.7. The van der Waals surface area contributed by atoms with E-state index < -0.39 is 28.1 Å². The Labute approximate surface area is 173 Å². The third kappa shape index (κ3) is 7.09. The molecule has 0 unspecified atom stereocenters. The van der Waals surface area contributed by atoms with Crippen molar-refractivity contribution in [2.24, 2.45) is 0 Å². The van der Waals surface area contributed by atoms with Crippen LogP contribution < -0.4 is 4.72 Å². The number of nitrogens with zero attached hydrogens (tertiary/aromatic N) is 1. The molecule has 29 heavy (non-hydrogen) atoms. The molecule has 1 amide bonds. The molecule has 1 aromatic rings. The first-order valence-electron chi connectivity index (χ1n) is 9.55. The van der Waals surface area contributed by atoms with Gasteiger partial charge in [0.05, 0.1) is 17.1 Å². The van der Waals surface area contributed by atoms with E-state index in [0.29, 0.717) is 0 Å². The van der Waals surface area contributed by atoms with E-state index in [4.69, 9.17) is 9.47 Å². The molecular formula is C20H32N2O6S. The smallest absolute Gasteiger partial charge is 0.338 e. The second-order valence-electron chi connectivity index (χ2n) is 7.48. The molecule has 1 N–H and O–H groups in total. The van der Waals surface area contributed by atoms with Crippen LogP contribution >= 0.6 is 0 Å². The van der Waals surface area contributed by atoms with Gasteiger partial charge in [-0.25, -0.2) is 17.9 Å². The number of hydrogen-bond donors (Lipinski definition) is 1. The lowest BCUT2D eigenvalue weighted by Crippen LogP contribution is -2.47. The molecule has 1 aromatic carbocycles. The zero-order valence-electron chi connectivity index (χ0n) is 18.1. The highest BCUT2D eigenvalue weighted by atomic mass is 32.2. The SMILES string of the molecule is COC[C@@H](C)NS(=O)(=O)c1ccc(C(=O)O[C@@H](C)C(=O)N(C(C)C)C(C)C)cc1. The van der Waals surface area contributed by atoms with Crippen molar-refractivity contribution in [1.82, 2.24) is 9.62 Å². The lowest BCUT2D eigenvalue weighted by atomic mass is 10.2. The molecule has 0 aliphatic carbocycles. The number of carbonyl (C=O) groups excluding carboxylic acids is 2. The van der Waals surface area contributed by atoms with Gasteiger partial charge in [-0.3, -0.25) is 4.79 Å². The van der Waals surface area contributed by atoms with E-state index in [1.54, 1.807) is 11.8 Å². The number of carbonyl (C=O) groups is 2. The summed E-state index contributed by atoms with van der Waals surface area (Å²) in [6.45, 7) is 11.0. The monoisotopic (exact) mass is 428 g/mol. The van der Waals surface area contributed by atoms with Gasteiger partial charge in [-0.15, -0.1) is 0 Å². The van der Waals surface area contributed by atoms with Gasteiger partial charge in [-0.1, -0.05) is 0 Å². The van der Waals surface area contributed by atoms with Crippen LogP contribution in [0.4, 0.5) is 0 Å². The summed E-state index contributed by atoms with van der Waals surface area (Å²) >= 11 is 0. The van der Waals surface area contributed by atoms with Gasteiger partial charge in [0.15, 0.2) is 6.10 Å². The van der Waals surface area contributed by atoms with Crippen LogP contribution in [0.2, 0.25) is 0 Å². The number of benzene rings is 1. The van der Waals surface area contributed by atoms with E-state index in [1.807, 2.05) is 27.7 Å². The van der Waals surface area contributed by atoms with Crippen LogP contribution in [-0.4, -0.2) is 63.1 Å². The molecule has 164 valence electrons. The summed E-state index contributed by atoms with van der Waals surface area (Å²) in [5.41, 5.74) is 0.161. The summed E-state index contributed by atoms with van der Waals surface area (Å²) in [6.07, 6.45) is -0.952. The van der Waals surface area contributed by atoms with E-state index in [1.165, 1.54) is 38.3 Å². The van der Waals surface area contributed by atoms with Crippen LogP contribution in [0.1, 0.15) is 51.9 Å². The van der Waals surface area contributed by atoms with E-state index in [0.717, 1.165) is 0 Å². The third-order valence-corrected chi connectivity index (χ3v) is 5.78. The number of esters is 1. The predicted molar refractivity (Wildman–Crippen MR) is 110 cm³/mol. The number of methoxy groups -OCH3 is 1. The van der Waals surface area contributed by atoms with Crippen molar-refractivity contribution in [3.05, 3.63) is 29.8 Å². The normalized spacial score (nSPS) is 14.0. The Morgan fingerprint density at radius 2 is 1.52 bits per heavy atom. The second-order valence-corrected chi connectivity index (χ2v) is 9.20. The Bertz CT molecular complexity index is 782. The van der Waals surface area contributed by atoms with E-state index in [-0.39, 0.29) is 35.1 Å². The number of amides is 1. The topological polar surface area (TPSA) is 102 Å². The van der Waals surface area contributed by atoms with E-state index in [9.17, 15) is 18.0 Å². The summed E-state index contributed by atoms with van der Waals surface area (Å²) in [5, 5.41) is 0. The summed E-state index contributed by atoms with van der Waals surface area (Å²) in [4.78, 5) is 26.6. The number of sulfonamides is 1. The maximum Gasteiger partial charge on any atom is 0.338 e. The van der Waals surface area contributed by atoms with Crippen molar-refractivity contribution in [3.8, 4) is 0 Å². The first kappa shape index (κ1) is 25.1. The van der Waals surface area contributed by atoms with Gasteiger partial charge in [0.25, 0.3) is 5.91 Å². The minimum Gasteiger partial charge on any atom is -0.449 e. The van der Waals surface area contributed by atoms with Crippen LogP contribution in [-0.2, 0) is 24.3 Å². The molecule has 1 rings (SSSR count). The highest BCUT2D eigenvalue weighted by Gasteiger charge is 2.28. The third-order valence-electron chi connectivity index (χ3n) is 4.17. The van der Waals surface area contributed by atoms with Crippen molar-refractivity contribution in [2.75, 3.05) is 13.7 Å². The Hall–Kier alpha value is -1.97. The molecule has 0 radical (unpaired) electrons.